The third-order valence-electron chi connectivity index (χ3n) is 2.17. The highest BCUT2D eigenvalue weighted by Gasteiger charge is 2.23. The molecule has 0 saturated carbocycles. The number of carbonyl (C=O) groups excluding carboxylic acids is 1. The fourth-order valence-electron chi connectivity index (χ4n) is 1.70. The quantitative estimate of drug-likeness (QED) is 0.582. The summed E-state index contributed by atoms with van der Waals surface area (Å²) in [5, 5.41) is 0. The van der Waals surface area contributed by atoms with Crippen LogP contribution in [0.2, 0.25) is 0 Å². The van der Waals surface area contributed by atoms with E-state index in [1.54, 1.807) is 0 Å². The highest BCUT2D eigenvalue weighted by molar-refractivity contribution is 6.08. The zero-order chi connectivity index (χ0) is 9.35. The summed E-state index contributed by atoms with van der Waals surface area (Å²) < 4.78 is 0. The maximum absolute atomic E-state index is 11.5. The van der Waals surface area contributed by atoms with E-state index in [1.807, 2.05) is 19.9 Å². The number of allylic oxidation sites excluding steroid dienone is 4. The van der Waals surface area contributed by atoms with Gasteiger partial charge in [0.05, 0.1) is 0 Å². The Morgan fingerprint density at radius 1 is 1.33 bits per heavy atom. The second kappa shape index (κ2) is 2.89. The molecule has 0 bridgehead atoms. The Labute approximate surface area is 74.2 Å². The lowest BCUT2D eigenvalue weighted by molar-refractivity contribution is -0.112. The zero-order valence-corrected chi connectivity index (χ0v) is 8.27. The third-order valence-corrected chi connectivity index (χ3v) is 2.17. The van der Waals surface area contributed by atoms with Gasteiger partial charge in [0.15, 0.2) is 5.78 Å². The van der Waals surface area contributed by atoms with Gasteiger partial charge < -0.3 is 0 Å². The number of carbonyl (C=O) groups is 1. The van der Waals surface area contributed by atoms with Crippen molar-refractivity contribution >= 4 is 5.78 Å². The predicted octanol–water partition coefficient (Wildman–Crippen LogP) is 2.88. The summed E-state index contributed by atoms with van der Waals surface area (Å²) in [6.45, 7) is 8.17. The van der Waals surface area contributed by atoms with Crippen molar-refractivity contribution in [2.24, 2.45) is 5.41 Å². The van der Waals surface area contributed by atoms with Crippen molar-refractivity contribution in [3.8, 4) is 0 Å². The SMILES string of the molecule is CCC1=CC(C)(C)C=C(C)C1=O. The molecule has 0 aromatic rings. The normalized spacial score (nSPS) is 21.8. The highest BCUT2D eigenvalue weighted by Crippen LogP contribution is 2.30. The van der Waals surface area contributed by atoms with E-state index in [1.165, 1.54) is 0 Å². The van der Waals surface area contributed by atoms with E-state index in [0.717, 1.165) is 17.6 Å². The molecule has 0 amide bonds. The summed E-state index contributed by atoms with van der Waals surface area (Å²) in [6, 6.07) is 0. The fourth-order valence-corrected chi connectivity index (χ4v) is 1.70. The van der Waals surface area contributed by atoms with Crippen molar-refractivity contribution in [3.05, 3.63) is 23.3 Å². The molecule has 0 aromatic heterocycles. The lowest BCUT2D eigenvalue weighted by atomic mass is 9.81. The molecule has 0 unspecified atom stereocenters. The average Bonchev–Trinajstić information content (AvgIpc) is 1.96. The summed E-state index contributed by atoms with van der Waals surface area (Å²) in [4.78, 5) is 11.5. The molecule has 0 atom stereocenters. The summed E-state index contributed by atoms with van der Waals surface area (Å²) in [7, 11) is 0. The summed E-state index contributed by atoms with van der Waals surface area (Å²) >= 11 is 0. The molecular formula is C11H16O. The number of hydrogen-bond donors (Lipinski definition) is 0. The zero-order valence-electron chi connectivity index (χ0n) is 8.27. The molecule has 0 aromatic carbocycles. The standard InChI is InChI=1S/C11H16O/c1-5-9-7-11(3,4)6-8(2)10(9)12/h6-7H,5H2,1-4H3. The first-order valence-corrected chi connectivity index (χ1v) is 4.42. The second-order valence-electron chi connectivity index (χ2n) is 4.00. The fraction of sp³-hybridized carbons (Fsp3) is 0.545. The van der Waals surface area contributed by atoms with Crippen molar-refractivity contribution < 1.29 is 4.79 Å². The lowest BCUT2D eigenvalue weighted by Gasteiger charge is -2.23. The van der Waals surface area contributed by atoms with Crippen LogP contribution in [0.1, 0.15) is 34.1 Å². The smallest absolute Gasteiger partial charge is 0.184 e. The number of ketones is 1. The molecule has 0 spiro atoms. The van der Waals surface area contributed by atoms with E-state index >= 15 is 0 Å². The van der Waals surface area contributed by atoms with E-state index in [4.69, 9.17) is 0 Å². The molecule has 66 valence electrons. The van der Waals surface area contributed by atoms with Crippen LogP contribution in [0.25, 0.3) is 0 Å². The van der Waals surface area contributed by atoms with Gasteiger partial charge in [0.2, 0.25) is 0 Å². The molecule has 1 nitrogen and oxygen atoms in total. The van der Waals surface area contributed by atoms with Crippen LogP contribution in [0.3, 0.4) is 0 Å². The van der Waals surface area contributed by atoms with Gasteiger partial charge in [0, 0.05) is 5.41 Å². The Morgan fingerprint density at radius 3 is 2.42 bits per heavy atom. The molecule has 0 heterocycles. The van der Waals surface area contributed by atoms with Crippen LogP contribution in [-0.4, -0.2) is 5.78 Å². The number of Topliss-reactive ketones (excluding diaryl/α,β-unsaturated/α-hetero) is 1. The highest BCUT2D eigenvalue weighted by atomic mass is 16.1. The molecule has 1 aliphatic carbocycles. The van der Waals surface area contributed by atoms with Gasteiger partial charge in [0.1, 0.15) is 0 Å². The third kappa shape index (κ3) is 1.66. The van der Waals surface area contributed by atoms with E-state index < -0.39 is 0 Å². The van der Waals surface area contributed by atoms with Gasteiger partial charge in [-0.1, -0.05) is 32.9 Å². The Bertz CT molecular complexity index is 267. The van der Waals surface area contributed by atoms with Crippen molar-refractivity contribution in [2.45, 2.75) is 34.1 Å². The Morgan fingerprint density at radius 2 is 1.92 bits per heavy atom. The van der Waals surface area contributed by atoms with Crippen LogP contribution < -0.4 is 0 Å². The largest absolute Gasteiger partial charge is 0.289 e. The molecule has 0 saturated heterocycles. The minimum absolute atomic E-state index is 0.0589. The van der Waals surface area contributed by atoms with Gasteiger partial charge in [-0.2, -0.15) is 0 Å². The molecule has 1 aliphatic rings. The first kappa shape index (κ1) is 9.24. The molecular weight excluding hydrogens is 148 g/mol. The number of hydrogen-bond acceptors (Lipinski definition) is 1. The topological polar surface area (TPSA) is 17.1 Å². The van der Waals surface area contributed by atoms with Crippen molar-refractivity contribution in [3.63, 3.8) is 0 Å². The summed E-state index contributed by atoms with van der Waals surface area (Å²) in [6.07, 6.45) is 4.95. The maximum atomic E-state index is 11.5. The minimum Gasteiger partial charge on any atom is -0.289 e. The Kier molecular flexibility index (Phi) is 2.22. The molecule has 0 N–H and O–H groups in total. The van der Waals surface area contributed by atoms with E-state index in [-0.39, 0.29) is 11.2 Å². The Balaban J connectivity index is 3.06. The lowest BCUT2D eigenvalue weighted by Crippen LogP contribution is -2.17. The molecule has 12 heavy (non-hydrogen) atoms. The molecule has 1 rings (SSSR count). The van der Waals surface area contributed by atoms with Crippen molar-refractivity contribution in [1.29, 1.82) is 0 Å². The predicted molar refractivity (Wildman–Crippen MR) is 50.9 cm³/mol. The van der Waals surface area contributed by atoms with E-state index in [2.05, 4.69) is 19.9 Å². The Hall–Kier alpha value is -0.850. The van der Waals surface area contributed by atoms with Crippen LogP contribution in [0, 0.1) is 5.41 Å². The van der Waals surface area contributed by atoms with Crippen molar-refractivity contribution in [1.82, 2.24) is 0 Å². The van der Waals surface area contributed by atoms with Gasteiger partial charge in [0.25, 0.3) is 0 Å². The molecule has 0 fully saturated rings. The number of rotatable bonds is 1. The van der Waals surface area contributed by atoms with E-state index in [0.29, 0.717) is 0 Å². The van der Waals surface area contributed by atoms with Crippen molar-refractivity contribution in [2.75, 3.05) is 0 Å². The minimum atomic E-state index is 0.0589. The van der Waals surface area contributed by atoms with Gasteiger partial charge in [-0.15, -0.1) is 0 Å². The van der Waals surface area contributed by atoms with Crippen LogP contribution in [-0.2, 0) is 4.79 Å². The van der Waals surface area contributed by atoms with Gasteiger partial charge >= 0.3 is 0 Å². The summed E-state index contributed by atoms with van der Waals surface area (Å²) in [5.74, 6) is 0.219. The molecule has 0 radical (unpaired) electrons. The van der Waals surface area contributed by atoms with Crippen LogP contribution in [0.5, 0.6) is 0 Å². The average molecular weight is 164 g/mol. The van der Waals surface area contributed by atoms with E-state index in [9.17, 15) is 4.79 Å². The van der Waals surface area contributed by atoms with Gasteiger partial charge in [-0.25, -0.2) is 0 Å². The first-order valence-electron chi connectivity index (χ1n) is 4.42. The van der Waals surface area contributed by atoms with Gasteiger partial charge in [-0.3, -0.25) is 4.79 Å². The molecule has 0 aliphatic heterocycles. The summed E-state index contributed by atoms with van der Waals surface area (Å²) in [5.41, 5.74) is 1.91. The first-order chi connectivity index (χ1) is 5.46. The van der Waals surface area contributed by atoms with Crippen LogP contribution in [0.15, 0.2) is 23.3 Å². The maximum Gasteiger partial charge on any atom is 0.184 e. The van der Waals surface area contributed by atoms with Crippen LogP contribution in [0.4, 0.5) is 0 Å². The monoisotopic (exact) mass is 164 g/mol. The second-order valence-corrected chi connectivity index (χ2v) is 4.00. The van der Waals surface area contributed by atoms with Crippen LogP contribution >= 0.6 is 0 Å². The molecule has 1 heteroatoms. The van der Waals surface area contributed by atoms with Gasteiger partial charge in [-0.05, 0) is 24.5 Å².